The number of hydrogen-bond acceptors (Lipinski definition) is 4. The highest BCUT2D eigenvalue weighted by molar-refractivity contribution is 5.69. The SMILES string of the molecule is CCOC(=O)CCNCCCCC(C)(C)C#N. The molecule has 0 aromatic carbocycles. The Labute approximate surface area is 104 Å². The van der Waals surface area contributed by atoms with E-state index in [-0.39, 0.29) is 11.4 Å². The van der Waals surface area contributed by atoms with Gasteiger partial charge in [0, 0.05) is 6.54 Å². The molecule has 4 heteroatoms. The maximum atomic E-state index is 11.0. The van der Waals surface area contributed by atoms with Gasteiger partial charge in [-0.15, -0.1) is 0 Å². The zero-order valence-electron chi connectivity index (χ0n) is 11.2. The minimum Gasteiger partial charge on any atom is -0.466 e. The molecule has 0 aliphatic carbocycles. The van der Waals surface area contributed by atoms with Crippen molar-refractivity contribution in [2.75, 3.05) is 19.7 Å². The van der Waals surface area contributed by atoms with Crippen molar-refractivity contribution < 1.29 is 9.53 Å². The van der Waals surface area contributed by atoms with Crippen molar-refractivity contribution in [2.24, 2.45) is 5.41 Å². The Bertz CT molecular complexity index is 257. The fourth-order valence-electron chi connectivity index (χ4n) is 1.42. The Kier molecular flexibility index (Phi) is 8.43. The van der Waals surface area contributed by atoms with E-state index < -0.39 is 0 Å². The molecule has 0 unspecified atom stereocenters. The van der Waals surface area contributed by atoms with E-state index in [1.54, 1.807) is 0 Å². The highest BCUT2D eigenvalue weighted by Crippen LogP contribution is 2.21. The third-order valence-corrected chi connectivity index (χ3v) is 2.52. The first kappa shape index (κ1) is 15.9. The van der Waals surface area contributed by atoms with Crippen LogP contribution in [0.3, 0.4) is 0 Å². The van der Waals surface area contributed by atoms with Crippen molar-refractivity contribution in [3.8, 4) is 6.07 Å². The van der Waals surface area contributed by atoms with Crippen molar-refractivity contribution in [2.45, 2.75) is 46.5 Å². The van der Waals surface area contributed by atoms with Gasteiger partial charge in [0.2, 0.25) is 0 Å². The molecule has 0 fully saturated rings. The third kappa shape index (κ3) is 9.83. The molecule has 0 radical (unpaired) electrons. The van der Waals surface area contributed by atoms with Crippen LogP contribution in [0.15, 0.2) is 0 Å². The monoisotopic (exact) mass is 240 g/mol. The number of nitriles is 1. The van der Waals surface area contributed by atoms with Gasteiger partial charge < -0.3 is 10.1 Å². The molecule has 0 aromatic rings. The molecular weight excluding hydrogens is 216 g/mol. The Balaban J connectivity index is 3.31. The lowest BCUT2D eigenvalue weighted by molar-refractivity contribution is -0.142. The maximum absolute atomic E-state index is 11.0. The van der Waals surface area contributed by atoms with Crippen LogP contribution >= 0.6 is 0 Å². The lowest BCUT2D eigenvalue weighted by atomic mass is 9.89. The van der Waals surface area contributed by atoms with Crippen molar-refractivity contribution in [3.05, 3.63) is 0 Å². The Hall–Kier alpha value is -1.08. The summed E-state index contributed by atoms with van der Waals surface area (Å²) in [5.41, 5.74) is -0.217. The maximum Gasteiger partial charge on any atom is 0.307 e. The van der Waals surface area contributed by atoms with Crippen LogP contribution in [-0.2, 0) is 9.53 Å². The minimum atomic E-state index is -0.217. The highest BCUT2D eigenvalue weighted by Gasteiger charge is 2.15. The molecule has 98 valence electrons. The fraction of sp³-hybridized carbons (Fsp3) is 0.846. The normalized spacial score (nSPS) is 10.9. The lowest BCUT2D eigenvalue weighted by Gasteiger charge is -2.14. The van der Waals surface area contributed by atoms with Gasteiger partial charge in [-0.05, 0) is 40.2 Å². The summed E-state index contributed by atoms with van der Waals surface area (Å²) in [5, 5.41) is 12.0. The molecule has 0 aliphatic rings. The summed E-state index contributed by atoms with van der Waals surface area (Å²) in [4.78, 5) is 11.0. The molecule has 0 saturated heterocycles. The van der Waals surface area contributed by atoms with Gasteiger partial charge in [-0.25, -0.2) is 0 Å². The number of unbranched alkanes of at least 4 members (excludes halogenated alkanes) is 1. The van der Waals surface area contributed by atoms with Crippen LogP contribution in [-0.4, -0.2) is 25.7 Å². The second-order valence-corrected chi connectivity index (χ2v) is 4.76. The van der Waals surface area contributed by atoms with Crippen LogP contribution in [0.1, 0.15) is 46.5 Å². The first-order valence-corrected chi connectivity index (χ1v) is 6.29. The van der Waals surface area contributed by atoms with Crippen molar-refractivity contribution >= 4 is 5.97 Å². The number of hydrogen-bond donors (Lipinski definition) is 1. The summed E-state index contributed by atoms with van der Waals surface area (Å²) >= 11 is 0. The Morgan fingerprint density at radius 3 is 2.65 bits per heavy atom. The molecule has 0 heterocycles. The molecule has 0 bridgehead atoms. The van der Waals surface area contributed by atoms with E-state index in [2.05, 4.69) is 11.4 Å². The summed E-state index contributed by atoms with van der Waals surface area (Å²) in [5.74, 6) is -0.148. The van der Waals surface area contributed by atoms with Crippen LogP contribution in [0.25, 0.3) is 0 Å². The number of rotatable bonds is 9. The summed E-state index contributed by atoms with van der Waals surface area (Å²) in [7, 11) is 0. The van der Waals surface area contributed by atoms with Gasteiger partial charge in [0.15, 0.2) is 0 Å². The van der Waals surface area contributed by atoms with Crippen LogP contribution < -0.4 is 5.32 Å². The molecule has 0 aliphatic heterocycles. The highest BCUT2D eigenvalue weighted by atomic mass is 16.5. The van der Waals surface area contributed by atoms with Crippen molar-refractivity contribution in [3.63, 3.8) is 0 Å². The summed E-state index contributed by atoms with van der Waals surface area (Å²) < 4.78 is 4.81. The molecule has 4 nitrogen and oxygen atoms in total. The molecule has 0 amide bonds. The molecular formula is C13H24N2O2. The van der Waals surface area contributed by atoms with Gasteiger partial charge in [0.1, 0.15) is 0 Å². The molecule has 0 spiro atoms. The van der Waals surface area contributed by atoms with Crippen molar-refractivity contribution in [1.29, 1.82) is 5.26 Å². The second-order valence-electron chi connectivity index (χ2n) is 4.76. The predicted octanol–water partition coefficient (Wildman–Crippen LogP) is 2.25. The number of carbonyl (C=O) groups is 1. The lowest BCUT2D eigenvalue weighted by Crippen LogP contribution is -2.20. The molecule has 0 saturated carbocycles. The first-order chi connectivity index (χ1) is 8.02. The number of nitrogens with one attached hydrogen (secondary N) is 1. The zero-order valence-corrected chi connectivity index (χ0v) is 11.2. The summed E-state index contributed by atoms with van der Waals surface area (Å²) in [6, 6.07) is 2.29. The van der Waals surface area contributed by atoms with E-state index in [0.29, 0.717) is 19.6 Å². The zero-order chi connectivity index (χ0) is 13.1. The number of ether oxygens (including phenoxy) is 1. The fourth-order valence-corrected chi connectivity index (χ4v) is 1.42. The van der Waals surface area contributed by atoms with E-state index >= 15 is 0 Å². The first-order valence-electron chi connectivity index (χ1n) is 6.29. The van der Waals surface area contributed by atoms with E-state index in [1.807, 2.05) is 20.8 Å². The standard InChI is InChI=1S/C13H24N2O2/c1-4-17-12(16)7-10-15-9-6-5-8-13(2,3)11-14/h15H,4-10H2,1-3H3. The van der Waals surface area contributed by atoms with Crippen LogP contribution in [0, 0.1) is 16.7 Å². The Morgan fingerprint density at radius 1 is 1.35 bits per heavy atom. The molecule has 0 rings (SSSR count). The average Bonchev–Trinajstić information content (AvgIpc) is 2.28. The van der Waals surface area contributed by atoms with Gasteiger partial charge in [0.05, 0.1) is 24.5 Å². The molecule has 17 heavy (non-hydrogen) atoms. The van der Waals surface area contributed by atoms with Gasteiger partial charge in [-0.1, -0.05) is 6.42 Å². The van der Waals surface area contributed by atoms with Crippen LogP contribution in [0.4, 0.5) is 0 Å². The van der Waals surface area contributed by atoms with Crippen LogP contribution in [0.5, 0.6) is 0 Å². The van der Waals surface area contributed by atoms with E-state index in [0.717, 1.165) is 25.8 Å². The van der Waals surface area contributed by atoms with Gasteiger partial charge >= 0.3 is 5.97 Å². The van der Waals surface area contributed by atoms with E-state index in [9.17, 15) is 4.79 Å². The minimum absolute atomic E-state index is 0.148. The third-order valence-electron chi connectivity index (χ3n) is 2.52. The molecule has 0 atom stereocenters. The molecule has 0 aromatic heterocycles. The number of carbonyl (C=O) groups excluding carboxylic acids is 1. The number of esters is 1. The van der Waals surface area contributed by atoms with Crippen molar-refractivity contribution in [1.82, 2.24) is 5.32 Å². The summed E-state index contributed by atoms with van der Waals surface area (Å²) in [6.45, 7) is 7.73. The molecule has 1 N–H and O–H groups in total. The topological polar surface area (TPSA) is 62.1 Å². The van der Waals surface area contributed by atoms with Gasteiger partial charge in [0.25, 0.3) is 0 Å². The van der Waals surface area contributed by atoms with E-state index in [1.165, 1.54) is 0 Å². The predicted molar refractivity (Wildman–Crippen MR) is 67.4 cm³/mol. The van der Waals surface area contributed by atoms with Gasteiger partial charge in [-0.2, -0.15) is 5.26 Å². The number of nitrogens with zero attached hydrogens (tertiary/aromatic N) is 1. The Morgan fingerprint density at radius 2 is 2.06 bits per heavy atom. The van der Waals surface area contributed by atoms with Gasteiger partial charge in [-0.3, -0.25) is 4.79 Å². The summed E-state index contributed by atoms with van der Waals surface area (Å²) in [6.07, 6.45) is 3.42. The quantitative estimate of drug-likeness (QED) is 0.496. The van der Waals surface area contributed by atoms with Crippen LogP contribution in [0.2, 0.25) is 0 Å². The second kappa shape index (κ2) is 9.00. The average molecular weight is 240 g/mol. The van der Waals surface area contributed by atoms with E-state index in [4.69, 9.17) is 10.00 Å². The smallest absolute Gasteiger partial charge is 0.307 e. The largest absolute Gasteiger partial charge is 0.466 e.